The molecule has 1 aromatic carbocycles. The Morgan fingerprint density at radius 1 is 1.21 bits per heavy atom. The summed E-state index contributed by atoms with van der Waals surface area (Å²) in [7, 11) is 0. The van der Waals surface area contributed by atoms with E-state index in [-0.39, 0.29) is 29.7 Å². The number of nitrogens with two attached hydrogens (primary N) is 1. The number of carboxylic acid groups (broad SMARTS) is 1. The number of benzene rings is 1. The molecule has 9 heteroatoms. The van der Waals surface area contributed by atoms with Crippen molar-refractivity contribution in [3.05, 3.63) is 71.3 Å². The fraction of sp³-hybridized carbons (Fsp3) is 0.150. The van der Waals surface area contributed by atoms with Crippen LogP contribution in [0.3, 0.4) is 0 Å². The highest BCUT2D eigenvalue weighted by molar-refractivity contribution is 6.30. The van der Waals surface area contributed by atoms with E-state index >= 15 is 0 Å². The van der Waals surface area contributed by atoms with Gasteiger partial charge in [0.05, 0.1) is 17.1 Å². The molecule has 0 unspecified atom stereocenters. The third kappa shape index (κ3) is 6.39. The van der Waals surface area contributed by atoms with Crippen LogP contribution in [-0.4, -0.2) is 27.1 Å². The maximum Gasteiger partial charge on any atom is 0.304 e. The standard InChI is InChI=1S/C20H17ClFN3O3.ClH/c21-14-9-17(22)20(25-11-14)28-16-3-1-13(2-4-16)18-8-12(5-6-24-18)7-15(23)10-19(26)27;/h1-6,8-9,11,15H,7,10,23H2,(H,26,27);1H/t15-;/m1./s1. The smallest absolute Gasteiger partial charge is 0.304 e. The first-order chi connectivity index (χ1) is 13.4. The van der Waals surface area contributed by atoms with Crippen molar-refractivity contribution in [2.45, 2.75) is 18.9 Å². The van der Waals surface area contributed by atoms with Crippen molar-refractivity contribution in [1.82, 2.24) is 9.97 Å². The van der Waals surface area contributed by atoms with Crippen LogP contribution in [0.15, 0.2) is 54.9 Å². The number of aliphatic carboxylic acids is 1. The van der Waals surface area contributed by atoms with Gasteiger partial charge in [-0.15, -0.1) is 12.4 Å². The van der Waals surface area contributed by atoms with Crippen LogP contribution in [0.1, 0.15) is 12.0 Å². The summed E-state index contributed by atoms with van der Waals surface area (Å²) in [6.07, 6.45) is 3.29. The van der Waals surface area contributed by atoms with Crippen LogP contribution in [0.5, 0.6) is 11.6 Å². The summed E-state index contributed by atoms with van der Waals surface area (Å²) in [5, 5.41) is 9.01. The van der Waals surface area contributed by atoms with E-state index in [9.17, 15) is 9.18 Å². The predicted molar refractivity (Wildman–Crippen MR) is 110 cm³/mol. The van der Waals surface area contributed by atoms with Crippen LogP contribution >= 0.6 is 24.0 Å². The molecule has 0 radical (unpaired) electrons. The van der Waals surface area contributed by atoms with Crippen LogP contribution in [-0.2, 0) is 11.2 Å². The lowest BCUT2D eigenvalue weighted by atomic mass is 10.0. The van der Waals surface area contributed by atoms with E-state index in [4.69, 9.17) is 27.2 Å². The molecule has 0 fully saturated rings. The zero-order valence-corrected chi connectivity index (χ0v) is 16.7. The summed E-state index contributed by atoms with van der Waals surface area (Å²) in [5.41, 5.74) is 8.28. The normalized spacial score (nSPS) is 11.4. The highest BCUT2D eigenvalue weighted by Gasteiger charge is 2.11. The monoisotopic (exact) mass is 437 g/mol. The Hall–Kier alpha value is -2.74. The second-order valence-corrected chi connectivity index (χ2v) is 6.61. The molecule has 0 amide bonds. The van der Waals surface area contributed by atoms with Gasteiger partial charge in [-0.25, -0.2) is 9.37 Å². The third-order valence-electron chi connectivity index (χ3n) is 3.90. The number of carboxylic acids is 1. The van der Waals surface area contributed by atoms with Crippen LogP contribution in [0, 0.1) is 5.82 Å². The number of carbonyl (C=O) groups is 1. The van der Waals surface area contributed by atoms with Crippen molar-refractivity contribution in [1.29, 1.82) is 0 Å². The van der Waals surface area contributed by atoms with Crippen molar-refractivity contribution in [3.8, 4) is 22.9 Å². The summed E-state index contributed by atoms with van der Waals surface area (Å²) in [4.78, 5) is 18.9. The summed E-state index contributed by atoms with van der Waals surface area (Å²) < 4.78 is 19.2. The number of aromatic nitrogens is 2. The van der Waals surface area contributed by atoms with Gasteiger partial charge in [0.1, 0.15) is 5.75 Å². The van der Waals surface area contributed by atoms with E-state index in [0.29, 0.717) is 17.9 Å². The summed E-state index contributed by atoms with van der Waals surface area (Å²) in [5.74, 6) is -1.32. The molecule has 3 N–H and O–H groups in total. The Labute approximate surface area is 177 Å². The average Bonchev–Trinajstić information content (AvgIpc) is 2.64. The largest absolute Gasteiger partial charge is 0.481 e. The van der Waals surface area contributed by atoms with E-state index in [2.05, 4.69) is 9.97 Å². The van der Waals surface area contributed by atoms with E-state index in [1.807, 2.05) is 6.07 Å². The minimum atomic E-state index is -0.927. The molecule has 3 rings (SSSR count). The van der Waals surface area contributed by atoms with E-state index in [1.165, 1.54) is 6.20 Å². The van der Waals surface area contributed by atoms with Gasteiger partial charge in [-0.3, -0.25) is 9.78 Å². The third-order valence-corrected chi connectivity index (χ3v) is 4.10. The highest BCUT2D eigenvalue weighted by atomic mass is 35.5. The molecule has 152 valence electrons. The number of ether oxygens (including phenoxy) is 1. The Kier molecular flexibility index (Phi) is 7.90. The van der Waals surface area contributed by atoms with Gasteiger partial charge >= 0.3 is 5.97 Å². The van der Waals surface area contributed by atoms with Crippen molar-refractivity contribution >= 4 is 30.0 Å². The zero-order chi connectivity index (χ0) is 20.1. The van der Waals surface area contributed by atoms with Gasteiger partial charge in [0.2, 0.25) is 0 Å². The van der Waals surface area contributed by atoms with Gasteiger partial charge in [0, 0.05) is 24.0 Å². The molecule has 0 aliphatic heterocycles. The van der Waals surface area contributed by atoms with Gasteiger partial charge in [0.25, 0.3) is 5.88 Å². The summed E-state index contributed by atoms with van der Waals surface area (Å²) in [6.45, 7) is 0. The lowest BCUT2D eigenvalue weighted by Crippen LogP contribution is -2.26. The molecule has 0 aliphatic rings. The molecule has 2 aromatic heterocycles. The van der Waals surface area contributed by atoms with Gasteiger partial charge < -0.3 is 15.6 Å². The number of rotatable bonds is 7. The Bertz CT molecular complexity index is 987. The highest BCUT2D eigenvalue weighted by Crippen LogP contribution is 2.27. The number of halogens is 3. The molecule has 0 bridgehead atoms. The van der Waals surface area contributed by atoms with Gasteiger partial charge in [-0.05, 0) is 54.4 Å². The maximum absolute atomic E-state index is 13.8. The van der Waals surface area contributed by atoms with Crippen LogP contribution < -0.4 is 10.5 Å². The lowest BCUT2D eigenvalue weighted by molar-refractivity contribution is -0.137. The summed E-state index contributed by atoms with van der Waals surface area (Å²) >= 11 is 5.68. The van der Waals surface area contributed by atoms with Crippen LogP contribution in [0.4, 0.5) is 4.39 Å². The number of hydrogen-bond donors (Lipinski definition) is 2. The average molecular weight is 438 g/mol. The number of nitrogens with zero attached hydrogens (tertiary/aromatic N) is 2. The SMILES string of the molecule is Cl.N[C@@H](CC(=O)O)Cc1ccnc(-c2ccc(Oc3ncc(Cl)cc3F)cc2)c1. The number of hydrogen-bond acceptors (Lipinski definition) is 5. The zero-order valence-electron chi connectivity index (χ0n) is 15.1. The quantitative estimate of drug-likeness (QED) is 0.564. The molecule has 3 aromatic rings. The Balaban J connectivity index is 0.00000300. The first-order valence-corrected chi connectivity index (χ1v) is 8.80. The van der Waals surface area contributed by atoms with Crippen molar-refractivity contribution in [2.75, 3.05) is 0 Å². The van der Waals surface area contributed by atoms with Crippen molar-refractivity contribution < 1.29 is 19.0 Å². The Morgan fingerprint density at radius 3 is 2.59 bits per heavy atom. The first kappa shape index (κ1) is 22.5. The second-order valence-electron chi connectivity index (χ2n) is 6.18. The molecule has 0 saturated heterocycles. The topological polar surface area (TPSA) is 98.3 Å². The Morgan fingerprint density at radius 2 is 1.93 bits per heavy atom. The maximum atomic E-state index is 13.8. The van der Waals surface area contributed by atoms with E-state index in [1.54, 1.807) is 36.5 Å². The van der Waals surface area contributed by atoms with Gasteiger partial charge in [-0.1, -0.05) is 11.6 Å². The minimum Gasteiger partial charge on any atom is -0.481 e. The molecule has 0 saturated carbocycles. The molecule has 0 spiro atoms. The molecule has 2 heterocycles. The summed E-state index contributed by atoms with van der Waals surface area (Å²) in [6, 6.07) is 11.2. The molecule has 1 atom stereocenters. The second kappa shape index (κ2) is 10.2. The fourth-order valence-corrected chi connectivity index (χ4v) is 2.79. The molecule has 0 aliphatic carbocycles. The molecular formula is C20H18Cl2FN3O3. The van der Waals surface area contributed by atoms with Gasteiger partial charge in [-0.2, -0.15) is 0 Å². The molecular weight excluding hydrogens is 420 g/mol. The first-order valence-electron chi connectivity index (χ1n) is 8.42. The lowest BCUT2D eigenvalue weighted by Gasteiger charge is -2.10. The van der Waals surface area contributed by atoms with E-state index in [0.717, 1.165) is 17.2 Å². The van der Waals surface area contributed by atoms with Crippen molar-refractivity contribution in [3.63, 3.8) is 0 Å². The molecule has 29 heavy (non-hydrogen) atoms. The van der Waals surface area contributed by atoms with Gasteiger partial charge in [0.15, 0.2) is 5.82 Å². The predicted octanol–water partition coefficient (Wildman–Crippen LogP) is 4.49. The fourth-order valence-electron chi connectivity index (χ4n) is 2.64. The number of pyridine rings is 2. The van der Waals surface area contributed by atoms with Crippen LogP contribution in [0.2, 0.25) is 5.02 Å². The van der Waals surface area contributed by atoms with E-state index < -0.39 is 17.8 Å². The molecule has 6 nitrogen and oxygen atoms in total. The van der Waals surface area contributed by atoms with Crippen molar-refractivity contribution in [2.24, 2.45) is 5.73 Å². The van der Waals surface area contributed by atoms with Crippen LogP contribution in [0.25, 0.3) is 11.3 Å². The minimum absolute atomic E-state index is 0.